The third-order valence-corrected chi connectivity index (χ3v) is 12.8. The van der Waals surface area contributed by atoms with E-state index >= 15 is 0 Å². The molecule has 300 valence electrons. The zero-order valence-corrected chi connectivity index (χ0v) is 35.1. The molecule has 0 spiro atoms. The first kappa shape index (κ1) is 37.3. The molecule has 0 amide bonds. The summed E-state index contributed by atoms with van der Waals surface area (Å²) in [5, 5.41) is 7.55. The molecule has 0 aliphatic heterocycles. The topological polar surface area (TPSA) is 8.17 Å². The largest absolute Gasteiger partial charge is 0.311 e. The summed E-state index contributed by atoms with van der Waals surface area (Å²) in [4.78, 5) is 2.35. The van der Waals surface area contributed by atoms with E-state index in [0.29, 0.717) is 0 Å². The molecule has 64 heavy (non-hydrogen) atoms. The van der Waals surface area contributed by atoms with Crippen molar-refractivity contribution in [3.63, 3.8) is 0 Å². The SMILES string of the molecule is c1ccc2cc(-c3ccc(-c4ccc(N(c5ccc(-c6ccc(-n7c8ccccc8c8ccccc87)cc6)cc5)c5ccc(-c6ccc7ccccc7c6)cc5)cc4)cc3)ccc2c1. The summed E-state index contributed by atoms with van der Waals surface area (Å²) in [5.74, 6) is 0. The van der Waals surface area contributed by atoms with Crippen LogP contribution in [-0.2, 0) is 0 Å². The van der Waals surface area contributed by atoms with Crippen molar-refractivity contribution in [2.24, 2.45) is 0 Å². The summed E-state index contributed by atoms with van der Waals surface area (Å²) in [5.41, 5.74) is 16.4. The van der Waals surface area contributed by atoms with Gasteiger partial charge in [-0.1, -0.05) is 182 Å². The number of fused-ring (bicyclic) bond motifs is 5. The van der Waals surface area contributed by atoms with E-state index in [1.54, 1.807) is 0 Å². The smallest absolute Gasteiger partial charge is 0.0541 e. The predicted molar refractivity (Wildman–Crippen MR) is 272 cm³/mol. The fourth-order valence-electron chi connectivity index (χ4n) is 9.45. The number of hydrogen-bond acceptors (Lipinski definition) is 1. The van der Waals surface area contributed by atoms with Gasteiger partial charge in [0.15, 0.2) is 0 Å². The summed E-state index contributed by atoms with van der Waals surface area (Å²) < 4.78 is 2.37. The van der Waals surface area contributed by atoms with Gasteiger partial charge in [-0.2, -0.15) is 0 Å². The minimum absolute atomic E-state index is 1.09. The maximum Gasteiger partial charge on any atom is 0.0541 e. The van der Waals surface area contributed by atoms with Gasteiger partial charge < -0.3 is 9.47 Å². The molecular weight excluding hydrogens is 773 g/mol. The van der Waals surface area contributed by atoms with Crippen LogP contribution >= 0.6 is 0 Å². The first-order valence-electron chi connectivity index (χ1n) is 22.0. The second kappa shape index (κ2) is 15.8. The van der Waals surface area contributed by atoms with Gasteiger partial charge in [-0.15, -0.1) is 0 Å². The lowest BCUT2D eigenvalue weighted by Crippen LogP contribution is -2.09. The standard InChI is InChI=1S/C62H42N2/c1-3-11-51-41-53(23-21-43(51)9-1)49-19-17-45(18-20-49)46-25-33-55(34-26-46)63(57-37-31-50(32-38-57)54-24-22-44-10-2-4-12-52(44)42-54)56-35-27-47(28-36-56)48-29-39-58(40-30-48)64-61-15-7-5-13-59(61)60-14-6-8-16-62(60)64/h1-42H. The summed E-state index contributed by atoms with van der Waals surface area (Å²) in [6.07, 6.45) is 0. The molecule has 1 heterocycles. The van der Waals surface area contributed by atoms with Crippen molar-refractivity contribution in [3.05, 3.63) is 255 Å². The fraction of sp³-hybridized carbons (Fsp3) is 0. The Morgan fingerprint density at radius 3 is 0.938 bits per heavy atom. The Bertz CT molecular complexity index is 3560. The molecule has 0 atom stereocenters. The Morgan fingerprint density at radius 1 is 0.234 bits per heavy atom. The Morgan fingerprint density at radius 2 is 0.531 bits per heavy atom. The van der Waals surface area contributed by atoms with Crippen LogP contribution in [0.25, 0.3) is 93.5 Å². The van der Waals surface area contributed by atoms with Crippen LogP contribution in [0.15, 0.2) is 255 Å². The molecule has 11 aromatic carbocycles. The quantitative estimate of drug-likeness (QED) is 0.148. The molecule has 0 fully saturated rings. The van der Waals surface area contributed by atoms with Crippen molar-refractivity contribution in [2.75, 3.05) is 4.90 Å². The highest BCUT2D eigenvalue weighted by molar-refractivity contribution is 6.09. The van der Waals surface area contributed by atoms with Crippen molar-refractivity contribution >= 4 is 60.4 Å². The second-order valence-electron chi connectivity index (χ2n) is 16.6. The minimum Gasteiger partial charge on any atom is -0.311 e. The lowest BCUT2D eigenvalue weighted by molar-refractivity contribution is 1.18. The molecule has 0 radical (unpaired) electrons. The van der Waals surface area contributed by atoms with Crippen molar-refractivity contribution in [1.29, 1.82) is 0 Å². The zero-order chi connectivity index (χ0) is 42.4. The van der Waals surface area contributed by atoms with E-state index in [4.69, 9.17) is 0 Å². The molecule has 2 nitrogen and oxygen atoms in total. The second-order valence-corrected chi connectivity index (χ2v) is 16.6. The third-order valence-electron chi connectivity index (χ3n) is 12.8. The number of para-hydroxylation sites is 2. The van der Waals surface area contributed by atoms with Crippen LogP contribution in [0.2, 0.25) is 0 Å². The average molecular weight is 815 g/mol. The van der Waals surface area contributed by atoms with Gasteiger partial charge >= 0.3 is 0 Å². The van der Waals surface area contributed by atoms with Crippen LogP contribution in [0.3, 0.4) is 0 Å². The average Bonchev–Trinajstić information content (AvgIpc) is 3.71. The molecule has 0 bridgehead atoms. The molecule has 12 rings (SSSR count). The van der Waals surface area contributed by atoms with Crippen molar-refractivity contribution in [1.82, 2.24) is 4.57 Å². The normalized spacial score (nSPS) is 11.4. The molecule has 0 aliphatic rings. The highest BCUT2D eigenvalue weighted by Crippen LogP contribution is 2.39. The molecule has 0 saturated heterocycles. The molecule has 0 saturated carbocycles. The van der Waals surface area contributed by atoms with E-state index in [0.717, 1.165) is 22.7 Å². The fourth-order valence-corrected chi connectivity index (χ4v) is 9.45. The van der Waals surface area contributed by atoms with Crippen LogP contribution in [0, 0.1) is 0 Å². The van der Waals surface area contributed by atoms with Gasteiger partial charge in [-0.05, 0) is 139 Å². The zero-order valence-electron chi connectivity index (χ0n) is 35.1. The summed E-state index contributed by atoms with van der Waals surface area (Å²) in [6, 6.07) is 92.6. The molecule has 0 N–H and O–H groups in total. The first-order chi connectivity index (χ1) is 31.7. The van der Waals surface area contributed by atoms with E-state index in [1.807, 2.05) is 0 Å². The van der Waals surface area contributed by atoms with Crippen LogP contribution in [0.4, 0.5) is 17.1 Å². The van der Waals surface area contributed by atoms with E-state index in [1.165, 1.54) is 87.9 Å². The van der Waals surface area contributed by atoms with Crippen molar-refractivity contribution in [2.45, 2.75) is 0 Å². The Balaban J connectivity index is 0.862. The lowest BCUT2D eigenvalue weighted by atomic mass is 9.98. The highest BCUT2D eigenvalue weighted by atomic mass is 15.1. The number of nitrogens with zero attached hydrogens (tertiary/aromatic N) is 2. The van der Waals surface area contributed by atoms with Gasteiger partial charge in [0.1, 0.15) is 0 Å². The lowest BCUT2D eigenvalue weighted by Gasteiger charge is -2.26. The maximum atomic E-state index is 2.37. The van der Waals surface area contributed by atoms with Crippen molar-refractivity contribution in [3.8, 4) is 50.2 Å². The highest BCUT2D eigenvalue weighted by Gasteiger charge is 2.16. The van der Waals surface area contributed by atoms with Gasteiger partial charge in [0.2, 0.25) is 0 Å². The molecule has 1 aromatic heterocycles. The van der Waals surface area contributed by atoms with Crippen LogP contribution < -0.4 is 4.90 Å². The molecule has 0 aliphatic carbocycles. The first-order valence-corrected chi connectivity index (χ1v) is 22.0. The van der Waals surface area contributed by atoms with Crippen molar-refractivity contribution < 1.29 is 0 Å². The molecule has 0 unspecified atom stereocenters. The number of benzene rings is 11. The molecule has 12 aromatic rings. The summed E-state index contributed by atoms with van der Waals surface area (Å²) >= 11 is 0. The van der Waals surface area contributed by atoms with E-state index < -0.39 is 0 Å². The van der Waals surface area contributed by atoms with Gasteiger partial charge in [-0.25, -0.2) is 0 Å². The predicted octanol–water partition coefficient (Wildman–Crippen LogP) is 17.2. The summed E-state index contributed by atoms with van der Waals surface area (Å²) in [6.45, 7) is 0. The Kier molecular flexibility index (Phi) is 9.20. The molecular formula is C62H42N2. The van der Waals surface area contributed by atoms with Gasteiger partial charge in [0, 0.05) is 33.5 Å². The van der Waals surface area contributed by atoms with Crippen LogP contribution in [0.1, 0.15) is 0 Å². The van der Waals surface area contributed by atoms with Gasteiger partial charge in [-0.3, -0.25) is 0 Å². The van der Waals surface area contributed by atoms with Crippen LogP contribution in [-0.4, -0.2) is 4.57 Å². The number of rotatable bonds is 8. The van der Waals surface area contributed by atoms with E-state index in [9.17, 15) is 0 Å². The van der Waals surface area contributed by atoms with Gasteiger partial charge in [0.05, 0.1) is 11.0 Å². The third kappa shape index (κ3) is 6.79. The minimum atomic E-state index is 1.09. The maximum absolute atomic E-state index is 2.37. The van der Waals surface area contributed by atoms with Crippen LogP contribution in [0.5, 0.6) is 0 Å². The number of aromatic nitrogens is 1. The van der Waals surface area contributed by atoms with E-state index in [-0.39, 0.29) is 0 Å². The monoisotopic (exact) mass is 814 g/mol. The number of hydrogen-bond donors (Lipinski definition) is 0. The molecule has 2 heteroatoms. The van der Waals surface area contributed by atoms with Gasteiger partial charge in [0.25, 0.3) is 0 Å². The number of anilines is 3. The Hall–Kier alpha value is -8.46. The van der Waals surface area contributed by atoms with E-state index in [2.05, 4.69) is 264 Å². The Labute approximate surface area is 373 Å². The summed E-state index contributed by atoms with van der Waals surface area (Å²) in [7, 11) is 0.